The van der Waals surface area contributed by atoms with Gasteiger partial charge in [0.15, 0.2) is 0 Å². The number of carbonyl (C=O) groups excluding carboxylic acids is 1. The fourth-order valence-corrected chi connectivity index (χ4v) is 1.96. The van der Waals surface area contributed by atoms with E-state index in [0.29, 0.717) is 12.3 Å². The molecule has 1 rings (SSSR count). The number of hydrogen-bond donors (Lipinski definition) is 1. The van der Waals surface area contributed by atoms with E-state index in [-0.39, 0.29) is 5.91 Å². The van der Waals surface area contributed by atoms with E-state index in [1.54, 1.807) is 14.1 Å². The molecule has 1 aromatic carbocycles. The van der Waals surface area contributed by atoms with Crippen molar-refractivity contribution in [1.29, 1.82) is 0 Å². The van der Waals surface area contributed by atoms with E-state index in [2.05, 4.69) is 38.1 Å². The van der Waals surface area contributed by atoms with Gasteiger partial charge in [-0.05, 0) is 29.9 Å². The third-order valence-corrected chi connectivity index (χ3v) is 2.88. The van der Waals surface area contributed by atoms with Crippen molar-refractivity contribution in [3.63, 3.8) is 0 Å². The van der Waals surface area contributed by atoms with Crippen LogP contribution in [0.2, 0.25) is 0 Å². The number of carbonyl (C=O) groups is 1. The summed E-state index contributed by atoms with van der Waals surface area (Å²) in [5.74, 6) is 0.634. The topological polar surface area (TPSA) is 46.3 Å². The molecule has 0 aliphatic rings. The lowest BCUT2D eigenvalue weighted by Crippen LogP contribution is -2.41. The number of hydrogen-bond acceptors (Lipinski definition) is 2. The Hall–Kier alpha value is -1.35. The van der Waals surface area contributed by atoms with Crippen LogP contribution in [0.4, 0.5) is 0 Å². The van der Waals surface area contributed by atoms with Gasteiger partial charge in [-0.25, -0.2) is 0 Å². The molecule has 0 bridgehead atoms. The lowest BCUT2D eigenvalue weighted by molar-refractivity contribution is -0.130. The molecule has 0 heterocycles. The number of benzene rings is 1. The predicted molar refractivity (Wildman–Crippen MR) is 75.4 cm³/mol. The third-order valence-electron chi connectivity index (χ3n) is 2.88. The maximum absolute atomic E-state index is 11.7. The zero-order chi connectivity index (χ0) is 13.7. The van der Waals surface area contributed by atoms with Gasteiger partial charge < -0.3 is 10.6 Å². The van der Waals surface area contributed by atoms with Crippen molar-refractivity contribution in [2.75, 3.05) is 14.1 Å². The average molecular weight is 248 g/mol. The highest BCUT2D eigenvalue weighted by molar-refractivity contribution is 5.81. The Morgan fingerprint density at radius 1 is 1.11 bits per heavy atom. The molecule has 18 heavy (non-hydrogen) atoms. The van der Waals surface area contributed by atoms with E-state index in [4.69, 9.17) is 5.73 Å². The number of likely N-dealkylation sites (N-methyl/N-ethyl adjacent to an activating group) is 1. The Bertz CT molecular complexity index is 382. The molecule has 1 atom stereocenters. The Labute approximate surface area is 110 Å². The second-order valence-electron chi connectivity index (χ2n) is 5.46. The van der Waals surface area contributed by atoms with Gasteiger partial charge in [0.2, 0.25) is 5.91 Å². The molecule has 0 spiro atoms. The van der Waals surface area contributed by atoms with E-state index in [9.17, 15) is 4.79 Å². The van der Waals surface area contributed by atoms with Gasteiger partial charge in [-0.3, -0.25) is 4.79 Å². The predicted octanol–water partition coefficient (Wildman–Crippen LogP) is 1.84. The number of amides is 1. The van der Waals surface area contributed by atoms with Crippen LogP contribution in [0.5, 0.6) is 0 Å². The van der Waals surface area contributed by atoms with Crippen molar-refractivity contribution < 1.29 is 4.79 Å². The second kappa shape index (κ2) is 6.55. The Balaban J connectivity index is 2.61. The SMILES string of the molecule is CC(C)Cc1ccc(CC(N)C(=O)N(C)C)cc1. The molecule has 1 aromatic rings. The molecule has 3 heteroatoms. The lowest BCUT2D eigenvalue weighted by Gasteiger charge is -2.16. The second-order valence-corrected chi connectivity index (χ2v) is 5.46. The van der Waals surface area contributed by atoms with Crippen LogP contribution in [-0.2, 0) is 17.6 Å². The van der Waals surface area contributed by atoms with Crippen LogP contribution >= 0.6 is 0 Å². The highest BCUT2D eigenvalue weighted by atomic mass is 16.2. The minimum Gasteiger partial charge on any atom is -0.347 e. The van der Waals surface area contributed by atoms with Gasteiger partial charge in [-0.2, -0.15) is 0 Å². The normalized spacial score (nSPS) is 12.6. The molecular formula is C15H24N2O. The van der Waals surface area contributed by atoms with Crippen molar-refractivity contribution in [3.8, 4) is 0 Å². The van der Waals surface area contributed by atoms with Crippen molar-refractivity contribution in [1.82, 2.24) is 4.90 Å². The van der Waals surface area contributed by atoms with Gasteiger partial charge in [0.05, 0.1) is 6.04 Å². The van der Waals surface area contributed by atoms with Gasteiger partial charge in [-0.1, -0.05) is 38.1 Å². The van der Waals surface area contributed by atoms with Crippen LogP contribution in [0.25, 0.3) is 0 Å². The van der Waals surface area contributed by atoms with Crippen LogP contribution in [0.1, 0.15) is 25.0 Å². The summed E-state index contributed by atoms with van der Waals surface area (Å²) in [6, 6.07) is 7.95. The van der Waals surface area contributed by atoms with Gasteiger partial charge in [0.1, 0.15) is 0 Å². The molecular weight excluding hydrogens is 224 g/mol. The highest BCUT2D eigenvalue weighted by Crippen LogP contribution is 2.11. The third kappa shape index (κ3) is 4.49. The monoisotopic (exact) mass is 248 g/mol. The summed E-state index contributed by atoms with van der Waals surface area (Å²) >= 11 is 0. The molecule has 0 aliphatic carbocycles. The summed E-state index contributed by atoms with van der Waals surface area (Å²) < 4.78 is 0. The molecule has 2 N–H and O–H groups in total. The first-order chi connectivity index (χ1) is 8.40. The molecule has 1 unspecified atom stereocenters. The van der Waals surface area contributed by atoms with Crippen molar-refractivity contribution in [3.05, 3.63) is 35.4 Å². The van der Waals surface area contributed by atoms with Crippen LogP contribution in [-0.4, -0.2) is 30.9 Å². The molecule has 0 aromatic heterocycles. The van der Waals surface area contributed by atoms with Crippen molar-refractivity contribution in [2.45, 2.75) is 32.7 Å². The number of nitrogens with two attached hydrogens (primary N) is 1. The average Bonchev–Trinajstić information content (AvgIpc) is 2.29. The summed E-state index contributed by atoms with van der Waals surface area (Å²) in [6.07, 6.45) is 1.68. The molecule has 3 nitrogen and oxygen atoms in total. The molecule has 1 amide bonds. The van der Waals surface area contributed by atoms with Gasteiger partial charge >= 0.3 is 0 Å². The summed E-state index contributed by atoms with van der Waals surface area (Å²) in [4.78, 5) is 13.2. The van der Waals surface area contributed by atoms with Gasteiger partial charge in [0.25, 0.3) is 0 Å². The van der Waals surface area contributed by atoms with E-state index in [0.717, 1.165) is 12.0 Å². The molecule has 0 radical (unpaired) electrons. The quantitative estimate of drug-likeness (QED) is 0.864. The number of rotatable bonds is 5. The molecule has 100 valence electrons. The van der Waals surface area contributed by atoms with Crippen LogP contribution in [0.3, 0.4) is 0 Å². The fourth-order valence-electron chi connectivity index (χ4n) is 1.96. The zero-order valence-electron chi connectivity index (χ0n) is 11.8. The van der Waals surface area contributed by atoms with Crippen LogP contribution in [0.15, 0.2) is 24.3 Å². The van der Waals surface area contributed by atoms with Crippen LogP contribution < -0.4 is 5.73 Å². The minimum atomic E-state index is -0.448. The van der Waals surface area contributed by atoms with Crippen LogP contribution in [0, 0.1) is 5.92 Å². The molecule has 0 aliphatic heterocycles. The Kier molecular flexibility index (Phi) is 5.35. The standard InChI is InChI=1S/C15H24N2O/c1-11(2)9-12-5-7-13(8-6-12)10-14(16)15(18)17(3)4/h5-8,11,14H,9-10,16H2,1-4H3. The summed E-state index contributed by atoms with van der Waals surface area (Å²) in [7, 11) is 3.46. The molecule has 0 saturated heterocycles. The van der Waals surface area contributed by atoms with Gasteiger partial charge in [0, 0.05) is 14.1 Å². The van der Waals surface area contributed by atoms with E-state index in [1.807, 2.05) is 0 Å². The molecule has 0 saturated carbocycles. The fraction of sp³-hybridized carbons (Fsp3) is 0.533. The van der Waals surface area contributed by atoms with E-state index >= 15 is 0 Å². The van der Waals surface area contributed by atoms with Crippen molar-refractivity contribution in [2.24, 2.45) is 11.7 Å². The van der Waals surface area contributed by atoms with E-state index < -0.39 is 6.04 Å². The lowest BCUT2D eigenvalue weighted by atomic mass is 9.99. The first-order valence-electron chi connectivity index (χ1n) is 6.44. The first kappa shape index (κ1) is 14.7. The first-order valence-corrected chi connectivity index (χ1v) is 6.44. The largest absolute Gasteiger partial charge is 0.347 e. The minimum absolute atomic E-state index is 0.0266. The molecule has 0 fully saturated rings. The maximum Gasteiger partial charge on any atom is 0.239 e. The maximum atomic E-state index is 11.7. The summed E-state index contributed by atoms with van der Waals surface area (Å²) in [6.45, 7) is 4.42. The van der Waals surface area contributed by atoms with Crippen molar-refractivity contribution >= 4 is 5.91 Å². The Morgan fingerprint density at radius 2 is 1.56 bits per heavy atom. The highest BCUT2D eigenvalue weighted by Gasteiger charge is 2.15. The van der Waals surface area contributed by atoms with E-state index in [1.165, 1.54) is 10.5 Å². The number of nitrogens with zero attached hydrogens (tertiary/aromatic N) is 1. The van der Waals surface area contributed by atoms with Gasteiger partial charge in [-0.15, -0.1) is 0 Å². The zero-order valence-corrected chi connectivity index (χ0v) is 11.8. The summed E-state index contributed by atoms with van der Waals surface area (Å²) in [5.41, 5.74) is 8.33. The Morgan fingerprint density at radius 3 is 1.94 bits per heavy atom. The summed E-state index contributed by atoms with van der Waals surface area (Å²) in [5, 5.41) is 0. The smallest absolute Gasteiger partial charge is 0.239 e.